The molecule has 143 valence electrons. The first-order valence-electron chi connectivity index (χ1n) is 8.97. The second kappa shape index (κ2) is 11.3. The van der Waals surface area contributed by atoms with Crippen molar-refractivity contribution in [3.05, 3.63) is 35.9 Å². The number of carbonyl (C=O) groups excluding carboxylic acids is 3. The lowest BCUT2D eigenvalue weighted by Crippen LogP contribution is -2.50. The average molecular weight is 361 g/mol. The van der Waals surface area contributed by atoms with E-state index in [0.717, 1.165) is 5.56 Å². The van der Waals surface area contributed by atoms with E-state index in [-0.39, 0.29) is 18.4 Å². The SMILES string of the molecule is CC(C)C[C@@H]([C]=O)NC(=O)[C@H](CC(C)C)NC(=O)OCc1ccccc1. The zero-order chi connectivity index (χ0) is 19.5. The number of alkyl carbamates (subject to hydrolysis) is 1. The van der Waals surface area contributed by atoms with E-state index in [1.165, 1.54) is 0 Å². The fourth-order valence-corrected chi connectivity index (χ4v) is 2.49. The van der Waals surface area contributed by atoms with Crippen LogP contribution in [0, 0.1) is 11.8 Å². The van der Waals surface area contributed by atoms with Gasteiger partial charge in [-0.15, -0.1) is 0 Å². The summed E-state index contributed by atoms with van der Waals surface area (Å²) in [5.74, 6) is 0.0300. The van der Waals surface area contributed by atoms with Gasteiger partial charge in [0.05, 0.1) is 6.04 Å². The summed E-state index contributed by atoms with van der Waals surface area (Å²) in [6, 6.07) is 7.85. The van der Waals surface area contributed by atoms with Gasteiger partial charge in [0, 0.05) is 0 Å². The van der Waals surface area contributed by atoms with Crippen molar-refractivity contribution in [1.29, 1.82) is 0 Å². The number of nitrogens with one attached hydrogen (secondary N) is 2. The van der Waals surface area contributed by atoms with Crippen molar-refractivity contribution < 1.29 is 19.1 Å². The summed E-state index contributed by atoms with van der Waals surface area (Å²) in [7, 11) is 0. The highest BCUT2D eigenvalue weighted by atomic mass is 16.5. The van der Waals surface area contributed by atoms with Gasteiger partial charge in [0.2, 0.25) is 12.2 Å². The Balaban J connectivity index is 2.62. The second-order valence-corrected chi connectivity index (χ2v) is 7.20. The molecule has 2 amide bonds. The molecular formula is C20H29N2O4. The van der Waals surface area contributed by atoms with Crippen LogP contribution in [0.2, 0.25) is 0 Å². The Morgan fingerprint density at radius 2 is 1.62 bits per heavy atom. The van der Waals surface area contributed by atoms with Crippen molar-refractivity contribution in [2.75, 3.05) is 0 Å². The van der Waals surface area contributed by atoms with E-state index in [4.69, 9.17) is 4.74 Å². The molecule has 1 aromatic rings. The minimum Gasteiger partial charge on any atom is -0.445 e. The van der Waals surface area contributed by atoms with Gasteiger partial charge in [-0.2, -0.15) is 0 Å². The van der Waals surface area contributed by atoms with Gasteiger partial charge in [0.1, 0.15) is 12.6 Å². The Morgan fingerprint density at radius 3 is 2.15 bits per heavy atom. The highest BCUT2D eigenvalue weighted by Gasteiger charge is 2.25. The van der Waals surface area contributed by atoms with Gasteiger partial charge >= 0.3 is 6.09 Å². The summed E-state index contributed by atoms with van der Waals surface area (Å²) in [6.45, 7) is 7.95. The number of hydrogen-bond acceptors (Lipinski definition) is 4. The summed E-state index contributed by atoms with van der Waals surface area (Å²) >= 11 is 0. The molecule has 0 saturated heterocycles. The predicted octanol–water partition coefficient (Wildman–Crippen LogP) is 2.97. The van der Waals surface area contributed by atoms with Gasteiger partial charge in [-0.05, 0) is 30.2 Å². The first-order chi connectivity index (χ1) is 12.3. The van der Waals surface area contributed by atoms with Crippen LogP contribution in [-0.4, -0.2) is 30.4 Å². The van der Waals surface area contributed by atoms with Crippen molar-refractivity contribution in [3.63, 3.8) is 0 Å². The van der Waals surface area contributed by atoms with E-state index >= 15 is 0 Å². The fourth-order valence-electron chi connectivity index (χ4n) is 2.49. The molecule has 2 atom stereocenters. The molecule has 26 heavy (non-hydrogen) atoms. The standard InChI is InChI=1S/C20H29N2O4/c1-14(2)10-17(12-23)21-19(24)18(11-15(3)4)22-20(25)26-13-16-8-6-5-7-9-16/h5-9,14-15,17-18H,10-11,13H2,1-4H3,(H,21,24)(H,22,25)/t17-,18-/m0/s1. The quantitative estimate of drug-likeness (QED) is 0.671. The molecule has 0 unspecified atom stereocenters. The Bertz CT molecular complexity index is 572. The molecule has 0 heterocycles. The van der Waals surface area contributed by atoms with Crippen LogP contribution in [0.15, 0.2) is 30.3 Å². The average Bonchev–Trinajstić information content (AvgIpc) is 2.58. The zero-order valence-electron chi connectivity index (χ0n) is 16.0. The third kappa shape index (κ3) is 8.65. The summed E-state index contributed by atoms with van der Waals surface area (Å²) < 4.78 is 5.18. The maximum Gasteiger partial charge on any atom is 0.408 e. The molecule has 0 aliphatic carbocycles. The Labute approximate surface area is 155 Å². The first kappa shape index (κ1) is 21.7. The zero-order valence-corrected chi connectivity index (χ0v) is 16.0. The molecule has 0 aliphatic heterocycles. The van der Waals surface area contributed by atoms with Gasteiger partial charge in [-0.3, -0.25) is 9.59 Å². The highest BCUT2D eigenvalue weighted by Crippen LogP contribution is 2.08. The van der Waals surface area contributed by atoms with Crippen molar-refractivity contribution in [1.82, 2.24) is 10.6 Å². The Morgan fingerprint density at radius 1 is 1.00 bits per heavy atom. The number of carbonyl (C=O) groups is 2. The molecule has 0 aromatic heterocycles. The Hall–Kier alpha value is -2.37. The van der Waals surface area contributed by atoms with E-state index in [1.54, 1.807) is 0 Å². The third-order valence-electron chi connectivity index (χ3n) is 3.69. The largest absolute Gasteiger partial charge is 0.445 e. The smallest absolute Gasteiger partial charge is 0.408 e. The molecule has 0 aliphatic rings. The number of benzene rings is 1. The van der Waals surface area contributed by atoms with Crippen LogP contribution in [0.3, 0.4) is 0 Å². The molecule has 6 heteroatoms. The Kier molecular flexibility index (Phi) is 9.41. The maximum absolute atomic E-state index is 12.5. The summed E-state index contributed by atoms with van der Waals surface area (Å²) in [6.07, 6.45) is 2.13. The van der Waals surface area contributed by atoms with E-state index in [1.807, 2.05) is 64.3 Å². The minimum absolute atomic E-state index is 0.126. The van der Waals surface area contributed by atoms with E-state index < -0.39 is 24.1 Å². The lowest BCUT2D eigenvalue weighted by atomic mass is 10.0. The molecule has 6 nitrogen and oxygen atoms in total. The minimum atomic E-state index is -0.763. The van der Waals surface area contributed by atoms with E-state index in [0.29, 0.717) is 12.8 Å². The first-order valence-corrected chi connectivity index (χ1v) is 8.97. The lowest BCUT2D eigenvalue weighted by Gasteiger charge is -2.22. The van der Waals surface area contributed by atoms with Gasteiger partial charge < -0.3 is 15.4 Å². The fraction of sp³-hybridized carbons (Fsp3) is 0.550. The van der Waals surface area contributed by atoms with Gasteiger partial charge in [-0.25, -0.2) is 4.79 Å². The number of amides is 2. The lowest BCUT2D eigenvalue weighted by molar-refractivity contribution is -0.123. The highest BCUT2D eigenvalue weighted by molar-refractivity contribution is 5.87. The number of rotatable bonds is 10. The van der Waals surface area contributed by atoms with Crippen LogP contribution < -0.4 is 10.6 Å². The molecule has 2 N–H and O–H groups in total. The molecule has 1 rings (SSSR count). The van der Waals surface area contributed by atoms with E-state index in [9.17, 15) is 14.4 Å². The summed E-state index contributed by atoms with van der Waals surface area (Å²) in [4.78, 5) is 35.6. The van der Waals surface area contributed by atoms with Crippen molar-refractivity contribution in [3.8, 4) is 0 Å². The third-order valence-corrected chi connectivity index (χ3v) is 3.69. The van der Waals surface area contributed by atoms with Gasteiger partial charge in [0.15, 0.2) is 0 Å². The van der Waals surface area contributed by atoms with Crippen molar-refractivity contribution in [2.45, 2.75) is 59.2 Å². The molecule has 0 saturated carbocycles. The van der Waals surface area contributed by atoms with Gasteiger partial charge in [0.25, 0.3) is 0 Å². The normalized spacial score (nSPS) is 13.2. The monoisotopic (exact) mass is 361 g/mol. The summed E-state index contributed by atoms with van der Waals surface area (Å²) in [5, 5.41) is 5.25. The predicted molar refractivity (Wildman–Crippen MR) is 100 cm³/mol. The number of ether oxygens (including phenoxy) is 1. The van der Waals surface area contributed by atoms with Crippen LogP contribution in [0.1, 0.15) is 46.1 Å². The van der Waals surface area contributed by atoms with Crippen LogP contribution in [0.5, 0.6) is 0 Å². The second-order valence-electron chi connectivity index (χ2n) is 7.20. The topological polar surface area (TPSA) is 84.5 Å². The van der Waals surface area contributed by atoms with Crippen LogP contribution in [0.4, 0.5) is 4.79 Å². The molecule has 0 spiro atoms. The van der Waals surface area contributed by atoms with Crippen molar-refractivity contribution >= 4 is 18.3 Å². The summed E-state index contributed by atoms with van der Waals surface area (Å²) in [5.41, 5.74) is 0.861. The van der Waals surface area contributed by atoms with Crippen LogP contribution in [-0.2, 0) is 20.9 Å². The molecular weight excluding hydrogens is 332 g/mol. The molecule has 1 aromatic carbocycles. The van der Waals surface area contributed by atoms with Crippen LogP contribution in [0.25, 0.3) is 0 Å². The van der Waals surface area contributed by atoms with Crippen molar-refractivity contribution in [2.24, 2.45) is 11.8 Å². The maximum atomic E-state index is 12.5. The van der Waals surface area contributed by atoms with Gasteiger partial charge in [-0.1, -0.05) is 58.0 Å². The molecule has 1 radical (unpaired) electrons. The molecule has 0 bridgehead atoms. The number of hydrogen-bond donors (Lipinski definition) is 2. The van der Waals surface area contributed by atoms with Crippen LogP contribution >= 0.6 is 0 Å². The molecule has 0 fully saturated rings. The van der Waals surface area contributed by atoms with E-state index in [2.05, 4.69) is 10.6 Å².